The largest absolute Gasteiger partial charge is 0.466 e. The van der Waals surface area contributed by atoms with Gasteiger partial charge in [0.05, 0.1) is 25.2 Å². The zero-order valence-electron chi connectivity index (χ0n) is 12.6. The summed E-state index contributed by atoms with van der Waals surface area (Å²) in [7, 11) is 0. The van der Waals surface area contributed by atoms with E-state index in [4.69, 9.17) is 21.1 Å². The topological polar surface area (TPSA) is 55.8 Å². The van der Waals surface area contributed by atoms with Gasteiger partial charge in [-0.2, -0.15) is 0 Å². The van der Waals surface area contributed by atoms with Gasteiger partial charge in [0, 0.05) is 10.7 Å². The molecule has 3 aliphatic rings. The fourth-order valence-corrected chi connectivity index (χ4v) is 4.05. The second-order valence-electron chi connectivity index (χ2n) is 6.06. The quantitative estimate of drug-likeness (QED) is 0.628. The Bertz CT molecular complexity index is 718. The van der Waals surface area contributed by atoms with Crippen LogP contribution < -0.4 is 4.90 Å². The van der Waals surface area contributed by atoms with Crippen molar-refractivity contribution in [2.45, 2.75) is 18.6 Å². The van der Waals surface area contributed by atoms with Crippen molar-refractivity contribution in [2.75, 3.05) is 18.1 Å². The van der Waals surface area contributed by atoms with Gasteiger partial charge in [0.2, 0.25) is 5.91 Å². The van der Waals surface area contributed by atoms with E-state index in [1.165, 1.54) is 0 Å². The number of amides is 1. The Hall–Kier alpha value is -1.85. The van der Waals surface area contributed by atoms with Crippen molar-refractivity contribution >= 4 is 29.2 Å². The molecule has 4 rings (SSSR count). The number of carbonyl (C=O) groups excluding carboxylic acids is 2. The van der Waals surface area contributed by atoms with Crippen molar-refractivity contribution in [2.24, 2.45) is 11.8 Å². The average Bonchev–Trinajstić information content (AvgIpc) is 3.16. The van der Waals surface area contributed by atoms with E-state index in [1.807, 2.05) is 18.2 Å². The standard InChI is InChI=1S/C17H16ClNO4/c1-2-22-16(21)13-12-6-7-17(23-12)9-19(15(20)14(13)17)11-5-3-4-10(18)8-11/h3-8,12-14H,2,9H2,1H3/t12-,13+,14+,17-/m0/s1. The maximum Gasteiger partial charge on any atom is 0.312 e. The Balaban J connectivity index is 1.70. The van der Waals surface area contributed by atoms with Crippen molar-refractivity contribution < 1.29 is 19.1 Å². The number of anilines is 1. The smallest absolute Gasteiger partial charge is 0.312 e. The van der Waals surface area contributed by atoms with Crippen LogP contribution >= 0.6 is 11.6 Å². The van der Waals surface area contributed by atoms with Gasteiger partial charge in [-0.3, -0.25) is 9.59 Å². The summed E-state index contributed by atoms with van der Waals surface area (Å²) < 4.78 is 11.2. The molecule has 1 aromatic carbocycles. The highest BCUT2D eigenvalue weighted by molar-refractivity contribution is 6.31. The zero-order chi connectivity index (χ0) is 16.2. The third kappa shape index (κ3) is 2.03. The van der Waals surface area contributed by atoms with E-state index in [1.54, 1.807) is 30.0 Å². The first-order valence-corrected chi connectivity index (χ1v) is 8.04. The summed E-state index contributed by atoms with van der Waals surface area (Å²) in [6.45, 7) is 2.43. The van der Waals surface area contributed by atoms with E-state index in [2.05, 4.69) is 0 Å². The zero-order valence-corrected chi connectivity index (χ0v) is 13.3. The average molecular weight is 334 g/mol. The number of carbonyl (C=O) groups is 2. The van der Waals surface area contributed by atoms with Crippen LogP contribution in [0.5, 0.6) is 0 Å². The summed E-state index contributed by atoms with van der Waals surface area (Å²) in [5, 5.41) is 0.563. The molecular weight excluding hydrogens is 318 g/mol. The maximum absolute atomic E-state index is 13.0. The van der Waals surface area contributed by atoms with E-state index < -0.39 is 17.4 Å². The minimum Gasteiger partial charge on any atom is -0.466 e. The summed E-state index contributed by atoms with van der Waals surface area (Å²) in [6, 6.07) is 7.13. The molecule has 2 saturated heterocycles. The van der Waals surface area contributed by atoms with E-state index in [0.29, 0.717) is 17.3 Å². The van der Waals surface area contributed by atoms with Gasteiger partial charge in [-0.25, -0.2) is 0 Å². The first-order chi connectivity index (χ1) is 11.1. The first-order valence-electron chi connectivity index (χ1n) is 7.66. The number of hydrogen-bond donors (Lipinski definition) is 0. The van der Waals surface area contributed by atoms with Crippen molar-refractivity contribution in [1.29, 1.82) is 0 Å². The molecule has 1 spiro atoms. The van der Waals surface area contributed by atoms with Gasteiger partial charge in [-0.05, 0) is 25.1 Å². The van der Waals surface area contributed by atoms with Gasteiger partial charge in [0.25, 0.3) is 0 Å². The molecule has 6 heteroatoms. The molecule has 3 heterocycles. The molecule has 0 unspecified atom stereocenters. The van der Waals surface area contributed by atoms with Crippen molar-refractivity contribution in [1.82, 2.24) is 0 Å². The lowest BCUT2D eigenvalue weighted by Gasteiger charge is -2.22. The lowest BCUT2D eigenvalue weighted by atomic mass is 9.77. The van der Waals surface area contributed by atoms with Crippen LogP contribution in [0.4, 0.5) is 5.69 Å². The van der Waals surface area contributed by atoms with Crippen LogP contribution in [0, 0.1) is 11.8 Å². The van der Waals surface area contributed by atoms with Crippen LogP contribution in [0.3, 0.4) is 0 Å². The Morgan fingerprint density at radius 1 is 1.52 bits per heavy atom. The van der Waals surface area contributed by atoms with Crippen LogP contribution in [0.1, 0.15) is 6.92 Å². The molecule has 120 valence electrons. The minimum absolute atomic E-state index is 0.114. The number of esters is 1. The summed E-state index contributed by atoms with van der Waals surface area (Å²) >= 11 is 6.03. The van der Waals surface area contributed by atoms with Gasteiger partial charge in [-0.1, -0.05) is 29.8 Å². The highest BCUT2D eigenvalue weighted by Crippen LogP contribution is 2.52. The van der Waals surface area contributed by atoms with E-state index in [0.717, 1.165) is 0 Å². The highest BCUT2D eigenvalue weighted by Gasteiger charge is 2.67. The Labute approximate surface area is 138 Å². The molecule has 5 nitrogen and oxygen atoms in total. The molecule has 2 fully saturated rings. The molecule has 1 aromatic rings. The molecule has 23 heavy (non-hydrogen) atoms. The number of fused-ring (bicyclic) bond motifs is 1. The molecule has 3 aliphatic heterocycles. The van der Waals surface area contributed by atoms with Crippen LogP contribution in [-0.2, 0) is 19.1 Å². The third-order valence-corrected chi connectivity index (χ3v) is 5.01. The Morgan fingerprint density at radius 2 is 2.35 bits per heavy atom. The maximum atomic E-state index is 13.0. The number of ether oxygens (including phenoxy) is 2. The molecule has 0 N–H and O–H groups in total. The van der Waals surface area contributed by atoms with E-state index in [-0.39, 0.29) is 24.6 Å². The number of benzene rings is 1. The number of rotatable bonds is 3. The summed E-state index contributed by atoms with van der Waals surface area (Å²) in [6.07, 6.45) is 3.41. The Kier molecular flexibility index (Phi) is 3.25. The fraction of sp³-hybridized carbons (Fsp3) is 0.412. The van der Waals surface area contributed by atoms with Gasteiger partial charge >= 0.3 is 5.97 Å². The molecule has 0 aliphatic carbocycles. The van der Waals surface area contributed by atoms with E-state index in [9.17, 15) is 9.59 Å². The van der Waals surface area contributed by atoms with Crippen LogP contribution in [0.2, 0.25) is 5.02 Å². The predicted octanol–water partition coefficient (Wildman–Crippen LogP) is 2.19. The Morgan fingerprint density at radius 3 is 3.09 bits per heavy atom. The summed E-state index contributed by atoms with van der Waals surface area (Å²) in [4.78, 5) is 26.9. The molecular formula is C17H16ClNO4. The van der Waals surface area contributed by atoms with Gasteiger partial charge < -0.3 is 14.4 Å². The third-order valence-electron chi connectivity index (χ3n) is 4.78. The number of hydrogen-bond acceptors (Lipinski definition) is 4. The fourth-order valence-electron chi connectivity index (χ4n) is 3.87. The summed E-state index contributed by atoms with van der Waals surface area (Å²) in [5.41, 5.74) is -0.0177. The number of nitrogens with zero attached hydrogens (tertiary/aromatic N) is 1. The van der Waals surface area contributed by atoms with Gasteiger partial charge in [0.15, 0.2) is 0 Å². The van der Waals surface area contributed by atoms with Crippen molar-refractivity contribution in [3.63, 3.8) is 0 Å². The van der Waals surface area contributed by atoms with Gasteiger partial charge in [-0.15, -0.1) is 0 Å². The van der Waals surface area contributed by atoms with Gasteiger partial charge in [0.1, 0.15) is 11.5 Å². The molecule has 1 amide bonds. The number of halogens is 1. The van der Waals surface area contributed by atoms with Crippen molar-refractivity contribution in [3.05, 3.63) is 41.4 Å². The first kappa shape index (κ1) is 14.7. The molecule has 2 bridgehead atoms. The highest BCUT2D eigenvalue weighted by atomic mass is 35.5. The predicted molar refractivity (Wildman–Crippen MR) is 84.2 cm³/mol. The second kappa shape index (κ2) is 5.08. The van der Waals surface area contributed by atoms with Crippen LogP contribution in [0.25, 0.3) is 0 Å². The van der Waals surface area contributed by atoms with Crippen LogP contribution in [-0.4, -0.2) is 36.7 Å². The lowest BCUT2D eigenvalue weighted by molar-refractivity contribution is -0.151. The monoisotopic (exact) mass is 333 g/mol. The lowest BCUT2D eigenvalue weighted by Crippen LogP contribution is -2.40. The SMILES string of the molecule is CCOC(=O)[C@@H]1[C@@H]2C=C[C@@]3(CN(c4cccc(Cl)c4)C(=O)[C@@H]13)O2. The van der Waals surface area contributed by atoms with Crippen molar-refractivity contribution in [3.8, 4) is 0 Å². The molecule has 0 radical (unpaired) electrons. The molecule has 4 atom stereocenters. The molecule has 0 aromatic heterocycles. The minimum atomic E-state index is -0.735. The summed E-state index contributed by atoms with van der Waals surface area (Å²) in [5.74, 6) is -1.58. The second-order valence-corrected chi connectivity index (χ2v) is 6.49. The molecule has 0 saturated carbocycles. The van der Waals surface area contributed by atoms with E-state index >= 15 is 0 Å². The van der Waals surface area contributed by atoms with Crippen LogP contribution in [0.15, 0.2) is 36.4 Å². The normalized spacial score (nSPS) is 34.1.